The van der Waals surface area contributed by atoms with Crippen LogP contribution in [0.3, 0.4) is 0 Å². The van der Waals surface area contributed by atoms with E-state index in [-0.39, 0.29) is 0 Å². The van der Waals surface area contributed by atoms with Gasteiger partial charge in [-0.05, 0) is 68.8 Å². The average Bonchev–Trinajstić information content (AvgIpc) is 2.86. The molecule has 5 nitrogen and oxygen atoms in total. The molecule has 34 heavy (non-hydrogen) atoms. The van der Waals surface area contributed by atoms with Gasteiger partial charge in [0.15, 0.2) is 0 Å². The quantitative estimate of drug-likeness (QED) is 0.502. The molecule has 0 spiro atoms. The summed E-state index contributed by atoms with van der Waals surface area (Å²) in [5.41, 5.74) is 2.82. The van der Waals surface area contributed by atoms with E-state index in [9.17, 15) is 8.42 Å². The molecular formula is C28H41N3O2S. The van der Waals surface area contributed by atoms with Crippen LogP contribution < -0.4 is 0 Å². The number of sulfonamides is 1. The van der Waals surface area contributed by atoms with Gasteiger partial charge in [0, 0.05) is 32.2 Å². The number of hydrogen-bond donors (Lipinski definition) is 0. The third kappa shape index (κ3) is 7.38. The fourth-order valence-corrected chi connectivity index (χ4v) is 6.45. The van der Waals surface area contributed by atoms with Crippen LogP contribution in [0.4, 0.5) is 0 Å². The molecule has 2 aliphatic rings. The van der Waals surface area contributed by atoms with Crippen molar-refractivity contribution < 1.29 is 8.42 Å². The van der Waals surface area contributed by atoms with Crippen molar-refractivity contribution >= 4 is 10.0 Å². The number of piperazine rings is 1. The van der Waals surface area contributed by atoms with E-state index in [0.29, 0.717) is 19.1 Å². The third-order valence-corrected chi connectivity index (χ3v) is 9.02. The zero-order valence-electron chi connectivity index (χ0n) is 20.7. The molecule has 0 saturated carbocycles. The first-order valence-electron chi connectivity index (χ1n) is 13.0. The van der Waals surface area contributed by atoms with Gasteiger partial charge < -0.3 is 4.90 Å². The third-order valence-electron chi connectivity index (χ3n) is 7.71. The fraction of sp³-hybridized carbons (Fsp3) is 0.571. The highest BCUT2D eigenvalue weighted by Crippen LogP contribution is 2.28. The molecule has 6 heteroatoms. The maximum Gasteiger partial charge on any atom is 0.211 e. The van der Waals surface area contributed by atoms with E-state index >= 15 is 0 Å². The van der Waals surface area contributed by atoms with Gasteiger partial charge in [0.25, 0.3) is 0 Å². The van der Waals surface area contributed by atoms with Crippen molar-refractivity contribution in [3.8, 4) is 0 Å². The Morgan fingerprint density at radius 3 is 2.09 bits per heavy atom. The molecule has 4 rings (SSSR count). The van der Waals surface area contributed by atoms with Crippen LogP contribution >= 0.6 is 0 Å². The van der Waals surface area contributed by atoms with Crippen molar-refractivity contribution in [1.29, 1.82) is 0 Å². The molecule has 2 aliphatic heterocycles. The van der Waals surface area contributed by atoms with E-state index in [2.05, 4.69) is 70.5 Å². The van der Waals surface area contributed by atoms with Crippen molar-refractivity contribution in [1.82, 2.24) is 14.1 Å². The lowest BCUT2D eigenvalue weighted by Gasteiger charge is -2.40. The smallest absolute Gasteiger partial charge is 0.211 e. The van der Waals surface area contributed by atoms with Crippen LogP contribution in [0.25, 0.3) is 0 Å². The largest absolute Gasteiger partial charge is 0.303 e. The van der Waals surface area contributed by atoms with Crippen LogP contribution in [-0.4, -0.2) is 74.6 Å². The highest BCUT2D eigenvalue weighted by molar-refractivity contribution is 7.88. The predicted octanol–water partition coefficient (Wildman–Crippen LogP) is 4.43. The number of rotatable bonds is 10. The zero-order chi connectivity index (χ0) is 23.8. The van der Waals surface area contributed by atoms with Crippen molar-refractivity contribution in [2.24, 2.45) is 5.92 Å². The standard InChI is InChI=1S/C28H41N3O2S/c1-34(32,33)31-23-21-30(22-24-31)28(27-13-6-3-7-14-27)17-20-29-18-15-26(16-19-29)12-8-11-25-9-4-2-5-10-25/h2-7,9-10,13-14,26,28H,8,11-12,15-24H2,1H3. The first-order chi connectivity index (χ1) is 16.5. The van der Waals surface area contributed by atoms with E-state index in [1.165, 1.54) is 62.6 Å². The van der Waals surface area contributed by atoms with E-state index in [4.69, 9.17) is 0 Å². The molecule has 1 unspecified atom stereocenters. The van der Waals surface area contributed by atoms with Gasteiger partial charge in [-0.3, -0.25) is 4.90 Å². The summed E-state index contributed by atoms with van der Waals surface area (Å²) in [4.78, 5) is 5.14. The molecule has 0 amide bonds. The molecule has 2 heterocycles. The van der Waals surface area contributed by atoms with Crippen LogP contribution in [0, 0.1) is 5.92 Å². The number of benzene rings is 2. The lowest BCUT2D eigenvalue weighted by molar-refractivity contribution is 0.110. The monoisotopic (exact) mass is 483 g/mol. The number of aryl methyl sites for hydroxylation is 1. The van der Waals surface area contributed by atoms with Crippen LogP contribution in [0.2, 0.25) is 0 Å². The van der Waals surface area contributed by atoms with E-state index in [0.717, 1.165) is 32.0 Å². The Kier molecular flexibility index (Phi) is 9.17. The molecule has 0 aromatic heterocycles. The molecule has 186 valence electrons. The van der Waals surface area contributed by atoms with Gasteiger partial charge in [0.1, 0.15) is 0 Å². The highest BCUT2D eigenvalue weighted by atomic mass is 32.2. The zero-order valence-corrected chi connectivity index (χ0v) is 21.5. The maximum atomic E-state index is 11.9. The van der Waals surface area contributed by atoms with Gasteiger partial charge in [0.05, 0.1) is 6.26 Å². The molecular weight excluding hydrogens is 442 g/mol. The summed E-state index contributed by atoms with van der Waals surface area (Å²) in [6.07, 6.45) is 8.90. The average molecular weight is 484 g/mol. The van der Waals surface area contributed by atoms with Crippen LogP contribution in [0.15, 0.2) is 60.7 Å². The Hall–Kier alpha value is -1.73. The second kappa shape index (κ2) is 12.3. The molecule has 2 saturated heterocycles. The molecule has 2 fully saturated rings. The minimum atomic E-state index is -3.10. The minimum Gasteiger partial charge on any atom is -0.303 e. The first kappa shape index (κ1) is 25.4. The van der Waals surface area contributed by atoms with E-state index < -0.39 is 10.0 Å². The number of piperidine rings is 1. The van der Waals surface area contributed by atoms with Crippen molar-refractivity contribution in [3.63, 3.8) is 0 Å². The van der Waals surface area contributed by atoms with Gasteiger partial charge in [0.2, 0.25) is 10.0 Å². The van der Waals surface area contributed by atoms with E-state index in [1.807, 2.05) is 0 Å². The summed E-state index contributed by atoms with van der Waals surface area (Å²) >= 11 is 0. The normalized spacial score (nSPS) is 20.4. The van der Waals surface area contributed by atoms with Gasteiger partial charge in [-0.1, -0.05) is 67.1 Å². The van der Waals surface area contributed by atoms with Gasteiger partial charge >= 0.3 is 0 Å². The minimum absolute atomic E-state index is 0.353. The Morgan fingerprint density at radius 2 is 1.47 bits per heavy atom. The number of nitrogens with zero attached hydrogens (tertiary/aromatic N) is 3. The lowest BCUT2D eigenvalue weighted by Crippen LogP contribution is -2.49. The van der Waals surface area contributed by atoms with Crippen molar-refractivity contribution in [3.05, 3.63) is 71.8 Å². The van der Waals surface area contributed by atoms with Crippen molar-refractivity contribution in [2.45, 2.75) is 44.6 Å². The van der Waals surface area contributed by atoms with Gasteiger partial charge in [-0.2, -0.15) is 4.31 Å². The number of likely N-dealkylation sites (tertiary alicyclic amines) is 1. The van der Waals surface area contributed by atoms with Crippen LogP contribution in [0.1, 0.15) is 49.3 Å². The second-order valence-corrected chi connectivity index (χ2v) is 12.1. The Morgan fingerprint density at radius 1 is 0.853 bits per heavy atom. The Balaban J connectivity index is 1.24. The second-order valence-electron chi connectivity index (χ2n) is 10.1. The molecule has 0 aliphatic carbocycles. The maximum absolute atomic E-state index is 11.9. The Labute approximate surface area is 206 Å². The predicted molar refractivity (Wildman–Crippen MR) is 140 cm³/mol. The summed E-state index contributed by atoms with van der Waals surface area (Å²) < 4.78 is 25.5. The lowest BCUT2D eigenvalue weighted by atomic mass is 9.90. The van der Waals surface area contributed by atoms with E-state index in [1.54, 1.807) is 4.31 Å². The van der Waals surface area contributed by atoms with Gasteiger partial charge in [-0.15, -0.1) is 0 Å². The molecule has 2 aromatic carbocycles. The fourth-order valence-electron chi connectivity index (χ4n) is 5.63. The molecule has 2 aromatic rings. The summed E-state index contributed by atoms with van der Waals surface area (Å²) in [7, 11) is -3.10. The topological polar surface area (TPSA) is 43.9 Å². The summed E-state index contributed by atoms with van der Waals surface area (Å²) in [5, 5.41) is 0. The summed E-state index contributed by atoms with van der Waals surface area (Å²) in [6.45, 7) is 6.32. The molecule has 0 N–H and O–H groups in total. The Bertz CT molecular complexity index is 952. The molecule has 0 bridgehead atoms. The number of hydrogen-bond acceptors (Lipinski definition) is 4. The highest BCUT2D eigenvalue weighted by Gasteiger charge is 2.29. The molecule has 1 atom stereocenters. The molecule has 0 radical (unpaired) electrons. The van der Waals surface area contributed by atoms with Crippen LogP contribution in [-0.2, 0) is 16.4 Å². The summed E-state index contributed by atoms with van der Waals surface area (Å²) in [5.74, 6) is 0.869. The van der Waals surface area contributed by atoms with Crippen LogP contribution in [0.5, 0.6) is 0 Å². The van der Waals surface area contributed by atoms with Crippen molar-refractivity contribution in [2.75, 3.05) is 52.1 Å². The first-order valence-corrected chi connectivity index (χ1v) is 14.8. The van der Waals surface area contributed by atoms with Gasteiger partial charge in [-0.25, -0.2) is 8.42 Å². The SMILES string of the molecule is CS(=O)(=O)N1CCN(C(CCN2CCC(CCCc3ccccc3)CC2)c2ccccc2)CC1. The summed E-state index contributed by atoms with van der Waals surface area (Å²) in [6, 6.07) is 22.0.